The van der Waals surface area contributed by atoms with Gasteiger partial charge in [0.15, 0.2) is 11.5 Å². The highest BCUT2D eigenvalue weighted by Gasteiger charge is 2.12. The third-order valence-corrected chi connectivity index (χ3v) is 4.90. The van der Waals surface area contributed by atoms with Crippen LogP contribution >= 0.6 is 27.5 Å². The number of allylic oxidation sites excluding steroid dienone is 1. The zero-order valence-electron chi connectivity index (χ0n) is 15.2. The molecule has 0 bridgehead atoms. The van der Waals surface area contributed by atoms with Gasteiger partial charge in [0.2, 0.25) is 5.95 Å². The number of methoxy groups -OCH3 is 1. The quantitative estimate of drug-likeness (QED) is 0.471. The number of halogens is 2. The van der Waals surface area contributed by atoms with E-state index in [1.54, 1.807) is 17.9 Å². The highest BCUT2D eigenvalue weighted by atomic mass is 79.9. The SMILES string of the molecule is C=CCn1nnnc1NCc1cc(OC)c(OCc2ccc(Cl)cc2)cc1Br. The molecule has 0 unspecified atom stereocenters. The molecule has 0 aliphatic rings. The second kappa shape index (κ2) is 9.57. The van der Waals surface area contributed by atoms with Crippen LogP contribution in [0.5, 0.6) is 11.5 Å². The standard InChI is InChI=1S/C19H19BrClN5O2/c1-3-8-26-19(23-24-25-26)22-11-14-9-17(27-2)18(10-16(14)20)28-12-13-4-6-15(21)7-5-13/h3-7,9-10H,1,8,11-12H2,2H3,(H,22,23,25). The number of benzene rings is 2. The van der Waals surface area contributed by atoms with Crippen molar-refractivity contribution >= 4 is 33.5 Å². The first-order valence-corrected chi connectivity index (χ1v) is 9.62. The maximum atomic E-state index is 5.93. The topological polar surface area (TPSA) is 74.1 Å². The van der Waals surface area contributed by atoms with Gasteiger partial charge in [-0.15, -0.1) is 6.58 Å². The van der Waals surface area contributed by atoms with E-state index >= 15 is 0 Å². The van der Waals surface area contributed by atoms with Crippen LogP contribution in [-0.2, 0) is 19.7 Å². The van der Waals surface area contributed by atoms with Crippen molar-refractivity contribution in [2.24, 2.45) is 0 Å². The number of rotatable bonds is 9. The zero-order valence-corrected chi connectivity index (χ0v) is 17.6. The molecule has 0 fully saturated rings. The number of anilines is 1. The molecule has 146 valence electrons. The van der Waals surface area contributed by atoms with Gasteiger partial charge < -0.3 is 14.8 Å². The van der Waals surface area contributed by atoms with E-state index in [9.17, 15) is 0 Å². The van der Waals surface area contributed by atoms with Gasteiger partial charge in [-0.1, -0.05) is 50.8 Å². The number of hydrogen-bond acceptors (Lipinski definition) is 6. The van der Waals surface area contributed by atoms with Crippen molar-refractivity contribution in [3.8, 4) is 11.5 Å². The summed E-state index contributed by atoms with van der Waals surface area (Å²) in [6, 6.07) is 11.3. The van der Waals surface area contributed by atoms with Crippen LogP contribution in [0.3, 0.4) is 0 Å². The van der Waals surface area contributed by atoms with E-state index in [0.717, 1.165) is 15.6 Å². The Kier molecular flexibility index (Phi) is 6.89. The van der Waals surface area contributed by atoms with E-state index in [4.69, 9.17) is 21.1 Å². The molecule has 0 radical (unpaired) electrons. The summed E-state index contributed by atoms with van der Waals surface area (Å²) in [5.41, 5.74) is 1.99. The van der Waals surface area contributed by atoms with Crippen molar-refractivity contribution in [1.82, 2.24) is 20.2 Å². The van der Waals surface area contributed by atoms with Crippen LogP contribution < -0.4 is 14.8 Å². The molecule has 0 saturated carbocycles. The molecular formula is C19H19BrClN5O2. The van der Waals surface area contributed by atoms with Crippen molar-refractivity contribution in [1.29, 1.82) is 0 Å². The first kappa shape index (κ1) is 20.2. The molecule has 0 saturated heterocycles. The van der Waals surface area contributed by atoms with Crippen LogP contribution in [0, 0.1) is 0 Å². The van der Waals surface area contributed by atoms with Gasteiger partial charge in [0, 0.05) is 16.0 Å². The summed E-state index contributed by atoms with van der Waals surface area (Å²) < 4.78 is 13.9. The predicted molar refractivity (Wildman–Crippen MR) is 112 cm³/mol. The lowest BCUT2D eigenvalue weighted by Crippen LogP contribution is -2.09. The lowest BCUT2D eigenvalue weighted by molar-refractivity contribution is 0.284. The van der Waals surface area contributed by atoms with Crippen molar-refractivity contribution in [3.63, 3.8) is 0 Å². The second-order valence-corrected chi connectivity index (χ2v) is 7.13. The zero-order chi connectivity index (χ0) is 19.9. The fraction of sp³-hybridized carbons (Fsp3) is 0.211. The van der Waals surface area contributed by atoms with Crippen LogP contribution in [0.25, 0.3) is 0 Å². The van der Waals surface area contributed by atoms with E-state index in [1.807, 2.05) is 36.4 Å². The number of hydrogen-bond donors (Lipinski definition) is 1. The van der Waals surface area contributed by atoms with E-state index in [-0.39, 0.29) is 0 Å². The van der Waals surface area contributed by atoms with Gasteiger partial charge in [-0.05, 0) is 45.8 Å². The lowest BCUT2D eigenvalue weighted by atomic mass is 10.2. The van der Waals surface area contributed by atoms with Gasteiger partial charge in [-0.2, -0.15) is 0 Å². The molecule has 0 spiro atoms. The van der Waals surface area contributed by atoms with E-state index in [2.05, 4.69) is 43.4 Å². The number of nitrogens with zero attached hydrogens (tertiary/aromatic N) is 4. The Labute approximate surface area is 176 Å². The summed E-state index contributed by atoms with van der Waals surface area (Å²) in [6.07, 6.45) is 1.73. The molecule has 28 heavy (non-hydrogen) atoms. The third-order valence-electron chi connectivity index (χ3n) is 3.91. The van der Waals surface area contributed by atoms with Crippen LogP contribution in [0.2, 0.25) is 5.02 Å². The first-order valence-electron chi connectivity index (χ1n) is 8.45. The molecular weight excluding hydrogens is 446 g/mol. The molecule has 1 aromatic heterocycles. The molecule has 3 rings (SSSR count). The molecule has 0 amide bonds. The Balaban J connectivity index is 1.70. The molecule has 1 N–H and O–H groups in total. The Morgan fingerprint density at radius 3 is 2.75 bits per heavy atom. The molecule has 7 nitrogen and oxygen atoms in total. The Bertz CT molecular complexity index is 946. The average molecular weight is 465 g/mol. The first-order chi connectivity index (χ1) is 13.6. The van der Waals surface area contributed by atoms with Crippen LogP contribution in [-0.4, -0.2) is 27.3 Å². The molecule has 0 aliphatic carbocycles. The summed E-state index contributed by atoms with van der Waals surface area (Å²) in [6.45, 7) is 5.14. The minimum Gasteiger partial charge on any atom is -0.493 e. The monoisotopic (exact) mass is 463 g/mol. The lowest BCUT2D eigenvalue weighted by Gasteiger charge is -2.14. The summed E-state index contributed by atoms with van der Waals surface area (Å²) in [7, 11) is 1.61. The van der Waals surface area contributed by atoms with E-state index in [1.165, 1.54) is 0 Å². The summed E-state index contributed by atoms with van der Waals surface area (Å²) in [5.74, 6) is 1.85. The van der Waals surface area contributed by atoms with Gasteiger partial charge in [-0.25, -0.2) is 4.68 Å². The average Bonchev–Trinajstić information content (AvgIpc) is 3.14. The number of aromatic nitrogens is 4. The molecule has 1 heterocycles. The summed E-state index contributed by atoms with van der Waals surface area (Å²) >= 11 is 9.51. The fourth-order valence-electron chi connectivity index (χ4n) is 2.48. The Morgan fingerprint density at radius 2 is 2.04 bits per heavy atom. The molecule has 0 aliphatic heterocycles. The molecule has 0 atom stereocenters. The maximum Gasteiger partial charge on any atom is 0.243 e. The highest BCUT2D eigenvalue weighted by molar-refractivity contribution is 9.10. The third kappa shape index (κ3) is 5.02. The summed E-state index contributed by atoms with van der Waals surface area (Å²) in [4.78, 5) is 0. The van der Waals surface area contributed by atoms with Gasteiger partial charge in [0.25, 0.3) is 0 Å². The fourth-order valence-corrected chi connectivity index (χ4v) is 3.07. The van der Waals surface area contributed by atoms with Crippen molar-refractivity contribution in [3.05, 3.63) is 69.7 Å². The largest absolute Gasteiger partial charge is 0.493 e. The van der Waals surface area contributed by atoms with Crippen LogP contribution in [0.4, 0.5) is 5.95 Å². The molecule has 3 aromatic rings. The number of ether oxygens (including phenoxy) is 2. The minimum atomic E-state index is 0.411. The van der Waals surface area contributed by atoms with Crippen molar-refractivity contribution in [2.75, 3.05) is 12.4 Å². The highest BCUT2D eigenvalue weighted by Crippen LogP contribution is 2.34. The Morgan fingerprint density at radius 1 is 1.25 bits per heavy atom. The van der Waals surface area contributed by atoms with Gasteiger partial charge >= 0.3 is 0 Å². The smallest absolute Gasteiger partial charge is 0.243 e. The molecule has 9 heteroatoms. The Hall–Kier alpha value is -2.58. The number of nitrogens with one attached hydrogen (secondary N) is 1. The van der Waals surface area contributed by atoms with Crippen molar-refractivity contribution in [2.45, 2.75) is 19.7 Å². The van der Waals surface area contributed by atoms with Gasteiger partial charge in [0.05, 0.1) is 13.7 Å². The minimum absolute atomic E-state index is 0.411. The van der Waals surface area contributed by atoms with Crippen LogP contribution in [0.15, 0.2) is 53.5 Å². The van der Waals surface area contributed by atoms with Gasteiger partial charge in [0.1, 0.15) is 6.61 Å². The second-order valence-electron chi connectivity index (χ2n) is 5.84. The van der Waals surface area contributed by atoms with E-state index in [0.29, 0.717) is 42.2 Å². The maximum absolute atomic E-state index is 5.93. The predicted octanol–water partition coefficient (Wildman–Crippen LogP) is 4.47. The normalized spacial score (nSPS) is 10.5. The van der Waals surface area contributed by atoms with Crippen LogP contribution in [0.1, 0.15) is 11.1 Å². The van der Waals surface area contributed by atoms with Crippen molar-refractivity contribution < 1.29 is 9.47 Å². The van der Waals surface area contributed by atoms with E-state index < -0.39 is 0 Å². The molecule has 2 aromatic carbocycles. The van der Waals surface area contributed by atoms with Gasteiger partial charge in [-0.3, -0.25) is 0 Å². The summed E-state index contributed by atoms with van der Waals surface area (Å²) in [5, 5.41) is 15.4. The number of tetrazole rings is 1.